The highest BCUT2D eigenvalue weighted by atomic mass is 16.3. The number of allylic oxidation sites excluding steroid dienone is 2. The van der Waals surface area contributed by atoms with E-state index < -0.39 is 0 Å². The number of carbonyl (C=O) groups excluding carboxylic acids is 2. The Morgan fingerprint density at radius 1 is 1.17 bits per heavy atom. The second-order valence-electron chi connectivity index (χ2n) is 7.70. The number of nitrogens with zero attached hydrogens (tertiary/aromatic N) is 2. The highest BCUT2D eigenvalue weighted by Gasteiger charge is 2.61. The monoisotopic (exact) mass is 330 g/mol. The molecule has 0 N–H and O–H groups in total. The van der Waals surface area contributed by atoms with E-state index >= 15 is 0 Å². The van der Waals surface area contributed by atoms with Gasteiger partial charge in [0.05, 0.1) is 17.7 Å². The van der Waals surface area contributed by atoms with Crippen LogP contribution in [0.3, 0.4) is 0 Å². The number of furan rings is 1. The molecule has 3 rings (SSSR count). The summed E-state index contributed by atoms with van der Waals surface area (Å²) in [5.74, 6) is 0.618. The van der Waals surface area contributed by atoms with E-state index in [1.54, 1.807) is 11.0 Å². The van der Waals surface area contributed by atoms with Gasteiger partial charge in [-0.25, -0.2) is 0 Å². The van der Waals surface area contributed by atoms with Crippen molar-refractivity contribution in [3.05, 3.63) is 35.8 Å². The quantitative estimate of drug-likeness (QED) is 0.801. The van der Waals surface area contributed by atoms with Gasteiger partial charge in [-0.1, -0.05) is 25.5 Å². The highest BCUT2D eigenvalue weighted by Crippen LogP contribution is 2.60. The van der Waals surface area contributed by atoms with Gasteiger partial charge >= 0.3 is 0 Å². The molecular weight excluding hydrogens is 304 g/mol. The topological polar surface area (TPSA) is 53.8 Å². The van der Waals surface area contributed by atoms with Crippen molar-refractivity contribution in [2.45, 2.75) is 27.7 Å². The van der Waals surface area contributed by atoms with Crippen LogP contribution in [0.25, 0.3) is 0 Å². The molecule has 2 amide bonds. The number of amides is 2. The van der Waals surface area contributed by atoms with Crippen LogP contribution in [-0.4, -0.2) is 47.8 Å². The van der Waals surface area contributed by atoms with E-state index in [4.69, 9.17) is 4.42 Å². The molecule has 2 heterocycles. The molecule has 2 fully saturated rings. The van der Waals surface area contributed by atoms with Crippen LogP contribution in [0.4, 0.5) is 0 Å². The van der Waals surface area contributed by atoms with Gasteiger partial charge in [-0.05, 0) is 31.2 Å². The molecule has 5 heteroatoms. The summed E-state index contributed by atoms with van der Waals surface area (Å²) < 4.78 is 4.97. The van der Waals surface area contributed by atoms with Crippen molar-refractivity contribution in [1.82, 2.24) is 9.80 Å². The lowest BCUT2D eigenvalue weighted by Crippen LogP contribution is -2.51. The van der Waals surface area contributed by atoms with Gasteiger partial charge in [0.2, 0.25) is 5.91 Å². The Morgan fingerprint density at radius 3 is 2.33 bits per heavy atom. The van der Waals surface area contributed by atoms with E-state index in [0.717, 1.165) is 0 Å². The van der Waals surface area contributed by atoms with E-state index in [-0.39, 0.29) is 23.1 Å². The lowest BCUT2D eigenvalue weighted by molar-refractivity contribution is -0.135. The average Bonchev–Trinajstić information content (AvgIpc) is 2.94. The van der Waals surface area contributed by atoms with Crippen molar-refractivity contribution in [3.8, 4) is 0 Å². The summed E-state index contributed by atoms with van der Waals surface area (Å²) in [6.07, 6.45) is 5.20. The fourth-order valence-corrected chi connectivity index (χ4v) is 3.71. The molecule has 1 saturated carbocycles. The number of hydrogen-bond acceptors (Lipinski definition) is 3. The Morgan fingerprint density at radius 2 is 1.79 bits per heavy atom. The third-order valence-corrected chi connectivity index (χ3v) is 5.34. The first-order valence-electron chi connectivity index (χ1n) is 8.57. The molecule has 2 aliphatic rings. The van der Waals surface area contributed by atoms with Gasteiger partial charge in [0.1, 0.15) is 6.26 Å². The average molecular weight is 330 g/mol. The molecule has 130 valence electrons. The molecule has 1 aliphatic heterocycles. The Balaban J connectivity index is 1.58. The van der Waals surface area contributed by atoms with Gasteiger partial charge in [-0.15, -0.1) is 0 Å². The lowest BCUT2D eigenvalue weighted by atomic mass is 10.1. The first-order valence-corrected chi connectivity index (χ1v) is 8.57. The predicted molar refractivity (Wildman–Crippen MR) is 91.4 cm³/mol. The molecule has 1 aromatic rings. The molecule has 24 heavy (non-hydrogen) atoms. The molecule has 0 spiro atoms. The SMILES string of the molecule is CC(C)=C[C@H]1[C@@H](C(=O)N2CCN(C(=O)c3ccoc3)CC2)C1(C)C. The Labute approximate surface area is 143 Å². The van der Waals surface area contributed by atoms with E-state index in [9.17, 15) is 9.59 Å². The summed E-state index contributed by atoms with van der Waals surface area (Å²) in [6, 6.07) is 1.68. The van der Waals surface area contributed by atoms with Crippen molar-refractivity contribution >= 4 is 11.8 Å². The molecule has 0 bridgehead atoms. The minimum Gasteiger partial charge on any atom is -0.472 e. The summed E-state index contributed by atoms with van der Waals surface area (Å²) in [5, 5.41) is 0. The summed E-state index contributed by atoms with van der Waals surface area (Å²) in [5.41, 5.74) is 1.87. The van der Waals surface area contributed by atoms with Crippen LogP contribution < -0.4 is 0 Å². The van der Waals surface area contributed by atoms with Crippen LogP contribution in [0.1, 0.15) is 38.1 Å². The standard InChI is InChI=1S/C19H26N2O3/c1-13(2)11-15-16(19(15,3)4)18(23)21-8-6-20(7-9-21)17(22)14-5-10-24-12-14/h5,10-12,15-16H,6-9H2,1-4H3/t15-,16-/m0/s1. The third-order valence-electron chi connectivity index (χ3n) is 5.34. The van der Waals surface area contributed by atoms with Gasteiger partial charge in [-0.3, -0.25) is 9.59 Å². The summed E-state index contributed by atoms with van der Waals surface area (Å²) in [7, 11) is 0. The maximum absolute atomic E-state index is 12.9. The van der Waals surface area contributed by atoms with E-state index in [2.05, 4.69) is 33.8 Å². The summed E-state index contributed by atoms with van der Waals surface area (Å²) in [4.78, 5) is 28.9. The third kappa shape index (κ3) is 2.99. The Hall–Kier alpha value is -2.04. The molecule has 0 radical (unpaired) electrons. The number of carbonyl (C=O) groups is 2. The van der Waals surface area contributed by atoms with Crippen molar-refractivity contribution in [1.29, 1.82) is 0 Å². The molecule has 2 atom stereocenters. The zero-order valence-corrected chi connectivity index (χ0v) is 14.9. The largest absolute Gasteiger partial charge is 0.472 e. The van der Waals surface area contributed by atoms with E-state index in [1.807, 2.05) is 4.90 Å². The van der Waals surface area contributed by atoms with Crippen LogP contribution in [0.5, 0.6) is 0 Å². The molecule has 5 nitrogen and oxygen atoms in total. The van der Waals surface area contributed by atoms with Crippen LogP contribution >= 0.6 is 0 Å². The van der Waals surface area contributed by atoms with Crippen LogP contribution in [-0.2, 0) is 4.79 Å². The van der Waals surface area contributed by atoms with Crippen LogP contribution in [0.2, 0.25) is 0 Å². The second kappa shape index (κ2) is 6.11. The van der Waals surface area contributed by atoms with Gasteiger partial charge in [0.25, 0.3) is 5.91 Å². The number of rotatable bonds is 3. The fraction of sp³-hybridized carbons (Fsp3) is 0.579. The highest BCUT2D eigenvalue weighted by molar-refractivity contribution is 5.94. The Kier molecular flexibility index (Phi) is 4.28. The number of piperazine rings is 1. The van der Waals surface area contributed by atoms with Gasteiger partial charge in [-0.2, -0.15) is 0 Å². The van der Waals surface area contributed by atoms with Gasteiger partial charge < -0.3 is 14.2 Å². The summed E-state index contributed by atoms with van der Waals surface area (Å²) in [6.45, 7) is 10.9. The van der Waals surface area contributed by atoms with Crippen molar-refractivity contribution in [2.75, 3.05) is 26.2 Å². The first-order chi connectivity index (χ1) is 11.3. The van der Waals surface area contributed by atoms with Gasteiger partial charge in [0.15, 0.2) is 0 Å². The maximum atomic E-state index is 12.9. The molecule has 0 aromatic carbocycles. The molecule has 1 aromatic heterocycles. The smallest absolute Gasteiger partial charge is 0.257 e. The van der Waals surface area contributed by atoms with E-state index in [0.29, 0.717) is 37.7 Å². The molecular formula is C19H26N2O3. The normalized spacial score (nSPS) is 25.3. The lowest BCUT2D eigenvalue weighted by Gasteiger charge is -2.35. The van der Waals surface area contributed by atoms with Gasteiger partial charge in [0, 0.05) is 26.2 Å². The molecule has 0 unspecified atom stereocenters. The zero-order valence-electron chi connectivity index (χ0n) is 14.9. The van der Waals surface area contributed by atoms with Crippen molar-refractivity contribution in [3.63, 3.8) is 0 Å². The maximum Gasteiger partial charge on any atom is 0.257 e. The van der Waals surface area contributed by atoms with Crippen molar-refractivity contribution in [2.24, 2.45) is 17.3 Å². The fourth-order valence-electron chi connectivity index (χ4n) is 3.71. The van der Waals surface area contributed by atoms with Crippen LogP contribution in [0, 0.1) is 17.3 Å². The second-order valence-corrected chi connectivity index (χ2v) is 7.70. The molecule has 1 saturated heterocycles. The first kappa shape index (κ1) is 16.8. The Bertz CT molecular complexity index is 648. The minimum atomic E-state index is -0.0231. The van der Waals surface area contributed by atoms with E-state index in [1.165, 1.54) is 18.1 Å². The summed E-state index contributed by atoms with van der Waals surface area (Å²) >= 11 is 0. The molecule has 1 aliphatic carbocycles. The minimum absolute atomic E-state index is 0.0231. The zero-order chi connectivity index (χ0) is 17.5. The predicted octanol–water partition coefficient (Wildman–Crippen LogP) is 2.80. The van der Waals surface area contributed by atoms with Crippen LogP contribution in [0.15, 0.2) is 34.7 Å². The van der Waals surface area contributed by atoms with Crippen molar-refractivity contribution < 1.29 is 14.0 Å². The number of hydrogen-bond donors (Lipinski definition) is 0.